The molecule has 1 heterocycles. The second-order valence-corrected chi connectivity index (χ2v) is 5.89. The van der Waals surface area contributed by atoms with Gasteiger partial charge in [0.25, 0.3) is 0 Å². The molecule has 0 saturated heterocycles. The fourth-order valence-corrected chi connectivity index (χ4v) is 2.65. The smallest absolute Gasteiger partial charge is 0.411 e. The number of halogens is 1. The molecule has 118 valence electrons. The molecule has 0 fully saturated rings. The van der Waals surface area contributed by atoms with Crippen LogP contribution in [0.3, 0.4) is 0 Å². The van der Waals surface area contributed by atoms with Gasteiger partial charge in [0, 0.05) is 22.8 Å². The Hall–Kier alpha value is -1.99. The molecule has 0 aliphatic carbocycles. The molecule has 1 aromatic heterocycles. The third kappa shape index (κ3) is 4.51. The molecule has 0 atom stereocenters. The minimum Gasteiger partial charge on any atom is -0.494 e. The van der Waals surface area contributed by atoms with Gasteiger partial charge in [0.15, 0.2) is 4.47 Å². The first-order chi connectivity index (χ1) is 10.6. The first-order valence-corrected chi connectivity index (χ1v) is 7.77. The molecule has 2 aromatic rings. The first kappa shape index (κ1) is 16.4. The van der Waals surface area contributed by atoms with Gasteiger partial charge >= 0.3 is 6.09 Å². The van der Waals surface area contributed by atoms with Crippen LogP contribution in [0.2, 0.25) is 4.47 Å². The Morgan fingerprint density at radius 1 is 1.45 bits per heavy atom. The molecule has 1 amide bonds. The lowest BCUT2D eigenvalue weighted by Crippen LogP contribution is -2.14. The van der Waals surface area contributed by atoms with Gasteiger partial charge in [0.2, 0.25) is 0 Å². The van der Waals surface area contributed by atoms with Crippen LogP contribution in [0.5, 0.6) is 5.75 Å². The van der Waals surface area contributed by atoms with Crippen LogP contribution in [0, 0.1) is 0 Å². The summed E-state index contributed by atoms with van der Waals surface area (Å²) in [5.41, 5.74) is 1.41. The van der Waals surface area contributed by atoms with Gasteiger partial charge in [-0.25, -0.2) is 9.78 Å². The lowest BCUT2D eigenvalue weighted by molar-refractivity contribution is 0.168. The summed E-state index contributed by atoms with van der Waals surface area (Å²) in [5, 5.41) is 5.87. The van der Waals surface area contributed by atoms with E-state index < -0.39 is 6.09 Å². The number of carbonyl (C=O) groups is 1. The SMILES string of the molecule is CCOC(=O)Nc1ccc(NCc2cnc(Cl)s2)cc1OC. The number of carbonyl (C=O) groups excluding carboxylic acids is 1. The number of hydrogen-bond acceptors (Lipinski definition) is 6. The number of hydrogen-bond donors (Lipinski definition) is 2. The largest absolute Gasteiger partial charge is 0.494 e. The molecule has 0 spiro atoms. The molecule has 0 aliphatic heterocycles. The second-order valence-electron chi connectivity index (χ2n) is 4.19. The number of benzene rings is 1. The average molecular weight is 342 g/mol. The van der Waals surface area contributed by atoms with Gasteiger partial charge in [-0.1, -0.05) is 11.6 Å². The summed E-state index contributed by atoms with van der Waals surface area (Å²) in [6.45, 7) is 2.67. The van der Waals surface area contributed by atoms with E-state index in [1.165, 1.54) is 11.3 Å². The highest BCUT2D eigenvalue weighted by atomic mass is 35.5. The molecule has 22 heavy (non-hydrogen) atoms. The molecule has 0 bridgehead atoms. The van der Waals surface area contributed by atoms with Gasteiger partial charge < -0.3 is 14.8 Å². The van der Waals surface area contributed by atoms with Crippen LogP contribution >= 0.6 is 22.9 Å². The van der Waals surface area contributed by atoms with Gasteiger partial charge in [-0.15, -0.1) is 11.3 Å². The molecule has 6 nitrogen and oxygen atoms in total. The maximum absolute atomic E-state index is 11.5. The number of nitrogens with zero attached hydrogens (tertiary/aromatic N) is 1. The summed E-state index contributed by atoms with van der Waals surface area (Å²) in [6.07, 6.45) is 1.22. The summed E-state index contributed by atoms with van der Waals surface area (Å²) < 4.78 is 10.6. The number of rotatable bonds is 6. The highest BCUT2D eigenvalue weighted by molar-refractivity contribution is 7.15. The highest BCUT2D eigenvalue weighted by Crippen LogP contribution is 2.28. The quantitative estimate of drug-likeness (QED) is 0.831. The molecule has 0 unspecified atom stereocenters. The van der Waals surface area contributed by atoms with Crippen molar-refractivity contribution < 1.29 is 14.3 Å². The van der Waals surface area contributed by atoms with Gasteiger partial charge in [-0.2, -0.15) is 0 Å². The van der Waals surface area contributed by atoms with Crippen molar-refractivity contribution in [2.24, 2.45) is 0 Å². The molecular formula is C14H16ClN3O3S. The Bertz CT molecular complexity index is 648. The fourth-order valence-electron chi connectivity index (χ4n) is 1.74. The molecule has 8 heteroatoms. The summed E-state index contributed by atoms with van der Waals surface area (Å²) in [6, 6.07) is 5.38. The molecule has 0 saturated carbocycles. The number of anilines is 2. The normalized spacial score (nSPS) is 10.1. The van der Waals surface area contributed by atoms with E-state index in [4.69, 9.17) is 21.1 Å². The number of methoxy groups -OCH3 is 1. The number of ether oxygens (including phenoxy) is 2. The Kier molecular flexibility index (Phi) is 5.85. The van der Waals surface area contributed by atoms with Crippen molar-refractivity contribution in [2.45, 2.75) is 13.5 Å². The lowest BCUT2D eigenvalue weighted by atomic mass is 10.2. The third-order valence-electron chi connectivity index (χ3n) is 2.71. The Balaban J connectivity index is 2.03. The van der Waals surface area contributed by atoms with Crippen molar-refractivity contribution in [1.29, 1.82) is 0 Å². The topological polar surface area (TPSA) is 72.5 Å². The van der Waals surface area contributed by atoms with Crippen LogP contribution in [0.4, 0.5) is 16.2 Å². The van der Waals surface area contributed by atoms with E-state index in [1.807, 2.05) is 6.07 Å². The molecule has 0 aliphatic rings. The zero-order valence-electron chi connectivity index (χ0n) is 12.2. The van der Waals surface area contributed by atoms with Crippen molar-refractivity contribution in [3.63, 3.8) is 0 Å². The van der Waals surface area contributed by atoms with E-state index in [0.717, 1.165) is 10.6 Å². The van der Waals surface area contributed by atoms with Gasteiger partial charge in [-0.3, -0.25) is 5.32 Å². The Morgan fingerprint density at radius 3 is 2.91 bits per heavy atom. The summed E-state index contributed by atoms with van der Waals surface area (Å²) >= 11 is 7.21. The Morgan fingerprint density at radius 2 is 2.27 bits per heavy atom. The number of nitrogens with one attached hydrogen (secondary N) is 2. The summed E-state index contributed by atoms with van der Waals surface area (Å²) in [5.74, 6) is 0.542. The zero-order chi connectivity index (χ0) is 15.9. The summed E-state index contributed by atoms with van der Waals surface area (Å²) in [7, 11) is 1.54. The predicted molar refractivity (Wildman–Crippen MR) is 88.1 cm³/mol. The third-order valence-corrected chi connectivity index (χ3v) is 3.82. The van der Waals surface area contributed by atoms with E-state index in [9.17, 15) is 4.79 Å². The highest BCUT2D eigenvalue weighted by Gasteiger charge is 2.09. The van der Waals surface area contributed by atoms with Crippen LogP contribution in [0.1, 0.15) is 11.8 Å². The van der Waals surface area contributed by atoms with E-state index in [1.54, 1.807) is 32.4 Å². The maximum Gasteiger partial charge on any atom is 0.411 e. The number of aromatic nitrogens is 1. The molecule has 0 radical (unpaired) electrons. The minimum atomic E-state index is -0.513. The van der Waals surface area contributed by atoms with E-state index in [0.29, 0.717) is 29.1 Å². The van der Waals surface area contributed by atoms with Crippen molar-refractivity contribution >= 4 is 40.4 Å². The second kappa shape index (κ2) is 7.86. The van der Waals surface area contributed by atoms with Crippen molar-refractivity contribution in [1.82, 2.24) is 4.98 Å². The number of thiazole rings is 1. The van der Waals surface area contributed by atoms with Crippen LogP contribution < -0.4 is 15.4 Å². The standard InChI is InChI=1S/C14H16ClN3O3S/c1-3-21-14(19)18-11-5-4-9(6-12(11)20-2)16-7-10-8-17-13(15)22-10/h4-6,8,16H,3,7H2,1-2H3,(H,18,19). The van der Waals surface area contributed by atoms with Gasteiger partial charge in [0.1, 0.15) is 5.75 Å². The number of amides is 1. The van der Waals surface area contributed by atoms with Crippen LogP contribution in [-0.2, 0) is 11.3 Å². The van der Waals surface area contributed by atoms with E-state index in [2.05, 4.69) is 15.6 Å². The van der Waals surface area contributed by atoms with Gasteiger partial charge in [0.05, 0.1) is 25.9 Å². The zero-order valence-corrected chi connectivity index (χ0v) is 13.8. The fraction of sp³-hybridized carbons (Fsp3) is 0.286. The van der Waals surface area contributed by atoms with Crippen LogP contribution in [-0.4, -0.2) is 24.8 Å². The first-order valence-electron chi connectivity index (χ1n) is 6.58. The monoisotopic (exact) mass is 341 g/mol. The van der Waals surface area contributed by atoms with Crippen molar-refractivity contribution in [2.75, 3.05) is 24.4 Å². The average Bonchev–Trinajstić information content (AvgIpc) is 2.92. The van der Waals surface area contributed by atoms with Crippen LogP contribution in [0.25, 0.3) is 0 Å². The van der Waals surface area contributed by atoms with Crippen molar-refractivity contribution in [3.8, 4) is 5.75 Å². The molecule has 2 N–H and O–H groups in total. The molecular weight excluding hydrogens is 326 g/mol. The van der Waals surface area contributed by atoms with Gasteiger partial charge in [-0.05, 0) is 19.1 Å². The predicted octanol–water partition coefficient (Wildman–Crippen LogP) is 3.99. The Labute approximate surface area is 137 Å². The molecule has 2 rings (SSSR count). The minimum absolute atomic E-state index is 0.311. The molecule has 1 aromatic carbocycles. The van der Waals surface area contributed by atoms with Crippen molar-refractivity contribution in [3.05, 3.63) is 33.7 Å². The van der Waals surface area contributed by atoms with E-state index >= 15 is 0 Å². The van der Waals surface area contributed by atoms with Crippen LogP contribution in [0.15, 0.2) is 24.4 Å². The lowest BCUT2D eigenvalue weighted by Gasteiger charge is -2.12. The maximum atomic E-state index is 11.5. The van der Waals surface area contributed by atoms with E-state index in [-0.39, 0.29) is 0 Å². The summed E-state index contributed by atoms with van der Waals surface area (Å²) in [4.78, 5) is 16.5.